The van der Waals surface area contributed by atoms with Gasteiger partial charge >= 0.3 is 0 Å². The molecule has 7 heteroatoms. The van der Waals surface area contributed by atoms with Gasteiger partial charge in [0.1, 0.15) is 0 Å². The second-order valence-electron chi connectivity index (χ2n) is 5.26. The maximum Gasteiger partial charge on any atom is 0.279 e. The summed E-state index contributed by atoms with van der Waals surface area (Å²) in [6, 6.07) is 0. The van der Waals surface area contributed by atoms with E-state index in [1.165, 1.54) is 4.31 Å². The van der Waals surface area contributed by atoms with Crippen molar-refractivity contribution in [3.8, 4) is 0 Å². The van der Waals surface area contributed by atoms with Crippen molar-refractivity contribution < 1.29 is 8.42 Å². The Morgan fingerprint density at radius 1 is 0.905 bits per heavy atom. The van der Waals surface area contributed by atoms with E-state index in [0.717, 1.165) is 52.0 Å². The minimum atomic E-state index is -3.34. The first-order valence-corrected chi connectivity index (χ1v) is 9.55. The molecule has 21 heavy (non-hydrogen) atoms. The standard InChI is InChI=1S/C14H34N4O2S/c1-5-9-15-10-8-13-17(4)21(19,20)16-11-14-18(7-3)12-6-2/h15-16H,5-14H2,1-4H3. The summed E-state index contributed by atoms with van der Waals surface area (Å²) in [5, 5.41) is 3.27. The molecule has 0 aromatic carbocycles. The van der Waals surface area contributed by atoms with E-state index in [2.05, 4.69) is 35.7 Å². The van der Waals surface area contributed by atoms with Gasteiger partial charge in [-0.3, -0.25) is 0 Å². The maximum atomic E-state index is 12.1. The third-order valence-corrected chi connectivity index (χ3v) is 4.94. The monoisotopic (exact) mass is 322 g/mol. The molecule has 0 rings (SSSR count). The number of likely N-dealkylation sites (N-methyl/N-ethyl adjacent to an activating group) is 1. The smallest absolute Gasteiger partial charge is 0.279 e. The van der Waals surface area contributed by atoms with E-state index < -0.39 is 10.2 Å². The third kappa shape index (κ3) is 10.2. The van der Waals surface area contributed by atoms with Gasteiger partial charge in [0.15, 0.2) is 0 Å². The molecule has 0 atom stereocenters. The van der Waals surface area contributed by atoms with Crippen molar-refractivity contribution in [3.05, 3.63) is 0 Å². The van der Waals surface area contributed by atoms with Crippen LogP contribution in [0.2, 0.25) is 0 Å². The molecule has 128 valence electrons. The van der Waals surface area contributed by atoms with Crippen molar-refractivity contribution >= 4 is 10.2 Å². The summed E-state index contributed by atoms with van der Waals surface area (Å²) in [7, 11) is -1.71. The van der Waals surface area contributed by atoms with Crippen LogP contribution in [0.3, 0.4) is 0 Å². The Bertz CT molecular complexity index is 336. The number of nitrogens with one attached hydrogen (secondary N) is 2. The topological polar surface area (TPSA) is 64.7 Å². The summed E-state index contributed by atoms with van der Waals surface area (Å²) in [6.45, 7) is 11.9. The van der Waals surface area contributed by atoms with Gasteiger partial charge in [0.05, 0.1) is 0 Å². The molecule has 6 nitrogen and oxygen atoms in total. The van der Waals surface area contributed by atoms with Gasteiger partial charge in [0, 0.05) is 26.7 Å². The predicted molar refractivity (Wildman–Crippen MR) is 89.7 cm³/mol. The molecule has 0 aromatic rings. The highest BCUT2D eigenvalue weighted by Crippen LogP contribution is 1.96. The molecule has 0 aromatic heterocycles. The zero-order chi connectivity index (χ0) is 16.1. The summed E-state index contributed by atoms with van der Waals surface area (Å²) in [5.74, 6) is 0. The zero-order valence-electron chi connectivity index (χ0n) is 14.2. The minimum Gasteiger partial charge on any atom is -0.317 e. The molecule has 0 unspecified atom stereocenters. The van der Waals surface area contributed by atoms with Crippen LogP contribution in [0.4, 0.5) is 0 Å². The Hall–Kier alpha value is -0.210. The molecular weight excluding hydrogens is 288 g/mol. The third-order valence-electron chi connectivity index (χ3n) is 3.36. The largest absolute Gasteiger partial charge is 0.317 e. The number of hydrogen-bond donors (Lipinski definition) is 2. The van der Waals surface area contributed by atoms with Gasteiger partial charge in [0.2, 0.25) is 0 Å². The number of hydrogen-bond acceptors (Lipinski definition) is 4. The fourth-order valence-electron chi connectivity index (χ4n) is 2.04. The lowest BCUT2D eigenvalue weighted by atomic mass is 10.4. The Labute approximate surface area is 131 Å². The van der Waals surface area contributed by atoms with Gasteiger partial charge in [-0.05, 0) is 45.4 Å². The van der Waals surface area contributed by atoms with Crippen molar-refractivity contribution in [2.24, 2.45) is 0 Å². The molecule has 2 N–H and O–H groups in total. The van der Waals surface area contributed by atoms with E-state index in [1.54, 1.807) is 7.05 Å². The Morgan fingerprint density at radius 3 is 2.19 bits per heavy atom. The van der Waals surface area contributed by atoms with Crippen molar-refractivity contribution in [1.82, 2.24) is 19.2 Å². The Balaban J connectivity index is 3.94. The normalized spacial score (nSPS) is 12.5. The van der Waals surface area contributed by atoms with E-state index in [4.69, 9.17) is 0 Å². The molecule has 0 bridgehead atoms. The van der Waals surface area contributed by atoms with Gasteiger partial charge in [0.25, 0.3) is 10.2 Å². The van der Waals surface area contributed by atoms with Gasteiger partial charge < -0.3 is 10.2 Å². The van der Waals surface area contributed by atoms with Crippen molar-refractivity contribution in [2.75, 3.05) is 52.9 Å². The Kier molecular flexibility index (Phi) is 12.2. The van der Waals surface area contributed by atoms with Crippen LogP contribution in [0.1, 0.15) is 40.0 Å². The number of nitrogens with zero attached hydrogens (tertiary/aromatic N) is 2. The molecule has 0 amide bonds. The second-order valence-corrected chi connectivity index (χ2v) is 7.12. The fourth-order valence-corrected chi connectivity index (χ4v) is 2.97. The van der Waals surface area contributed by atoms with Gasteiger partial charge in [-0.2, -0.15) is 12.7 Å². The molecule has 0 spiro atoms. The van der Waals surface area contributed by atoms with Crippen LogP contribution < -0.4 is 10.0 Å². The van der Waals surface area contributed by atoms with E-state index in [0.29, 0.717) is 13.1 Å². The van der Waals surface area contributed by atoms with Gasteiger partial charge in [-0.15, -0.1) is 0 Å². The first kappa shape index (κ1) is 20.8. The molecule has 0 aliphatic rings. The highest BCUT2D eigenvalue weighted by atomic mass is 32.2. The molecule has 0 saturated carbocycles. The van der Waals surface area contributed by atoms with Crippen LogP contribution in [0.15, 0.2) is 0 Å². The highest BCUT2D eigenvalue weighted by Gasteiger charge is 2.16. The molecule has 0 aliphatic carbocycles. The molecule has 0 aliphatic heterocycles. The zero-order valence-corrected chi connectivity index (χ0v) is 15.0. The van der Waals surface area contributed by atoms with E-state index >= 15 is 0 Å². The average molecular weight is 323 g/mol. The minimum absolute atomic E-state index is 0.467. The predicted octanol–water partition coefficient (Wildman–Crippen LogP) is 0.874. The van der Waals surface area contributed by atoms with Crippen molar-refractivity contribution in [3.63, 3.8) is 0 Å². The van der Waals surface area contributed by atoms with Gasteiger partial charge in [-0.1, -0.05) is 20.8 Å². The first-order chi connectivity index (χ1) is 9.97. The highest BCUT2D eigenvalue weighted by molar-refractivity contribution is 7.87. The van der Waals surface area contributed by atoms with Gasteiger partial charge in [-0.25, -0.2) is 4.72 Å². The van der Waals surface area contributed by atoms with E-state index in [9.17, 15) is 8.42 Å². The number of rotatable bonds is 14. The summed E-state index contributed by atoms with van der Waals surface area (Å²) >= 11 is 0. The lowest BCUT2D eigenvalue weighted by Crippen LogP contribution is -2.42. The maximum absolute atomic E-state index is 12.1. The van der Waals surface area contributed by atoms with Crippen LogP contribution in [-0.2, 0) is 10.2 Å². The summed E-state index contributed by atoms with van der Waals surface area (Å²) < 4.78 is 28.2. The molecule has 0 radical (unpaired) electrons. The summed E-state index contributed by atoms with van der Waals surface area (Å²) in [6.07, 6.45) is 3.01. The molecule has 0 heterocycles. The van der Waals surface area contributed by atoms with Crippen LogP contribution in [-0.4, -0.2) is 70.5 Å². The van der Waals surface area contributed by atoms with Crippen LogP contribution >= 0.6 is 0 Å². The fraction of sp³-hybridized carbons (Fsp3) is 1.00. The van der Waals surface area contributed by atoms with E-state index in [1.807, 2.05) is 0 Å². The van der Waals surface area contributed by atoms with Crippen LogP contribution in [0.25, 0.3) is 0 Å². The SMILES string of the molecule is CCCNCCCN(C)S(=O)(=O)NCCN(CC)CCC. The van der Waals surface area contributed by atoms with Crippen molar-refractivity contribution in [1.29, 1.82) is 0 Å². The summed E-state index contributed by atoms with van der Waals surface area (Å²) in [5.41, 5.74) is 0. The molecule has 0 saturated heterocycles. The van der Waals surface area contributed by atoms with Crippen LogP contribution in [0, 0.1) is 0 Å². The van der Waals surface area contributed by atoms with E-state index in [-0.39, 0.29) is 0 Å². The van der Waals surface area contributed by atoms with Crippen molar-refractivity contribution in [2.45, 2.75) is 40.0 Å². The van der Waals surface area contributed by atoms with Crippen LogP contribution in [0.5, 0.6) is 0 Å². The lowest BCUT2D eigenvalue weighted by Gasteiger charge is -2.21. The summed E-state index contributed by atoms with van der Waals surface area (Å²) in [4.78, 5) is 2.25. The first-order valence-electron chi connectivity index (χ1n) is 8.11. The second kappa shape index (κ2) is 12.3. The molecule has 0 fully saturated rings. The molecular formula is C14H34N4O2S. The Morgan fingerprint density at radius 2 is 1.62 bits per heavy atom. The lowest BCUT2D eigenvalue weighted by molar-refractivity contribution is 0.292. The average Bonchev–Trinajstić information content (AvgIpc) is 2.45. The quantitative estimate of drug-likeness (QED) is 0.466.